The van der Waals surface area contributed by atoms with Crippen LogP contribution in [0.3, 0.4) is 0 Å². The Labute approximate surface area is 106 Å². The normalized spacial score (nSPS) is 14.7. The molecule has 1 saturated carbocycles. The first-order valence-corrected chi connectivity index (χ1v) is 6.22. The topological polar surface area (TPSA) is 42.2 Å². The van der Waals surface area contributed by atoms with Gasteiger partial charge in [0.15, 0.2) is 0 Å². The van der Waals surface area contributed by atoms with Crippen LogP contribution in [0.1, 0.15) is 40.4 Å². The molecule has 1 fully saturated rings. The van der Waals surface area contributed by atoms with E-state index in [0.29, 0.717) is 11.5 Å². The van der Waals surface area contributed by atoms with Gasteiger partial charge in [-0.05, 0) is 24.5 Å². The number of hydrogen-bond acceptors (Lipinski definition) is 1. The molecule has 92 valence electrons. The van der Waals surface area contributed by atoms with Gasteiger partial charge in [-0.15, -0.1) is 0 Å². The SMILES string of the molecule is O=C(O)c1ccn(Cc2ccccc2)c1C1CC1. The van der Waals surface area contributed by atoms with Crippen LogP contribution in [0.4, 0.5) is 0 Å². The number of aromatic nitrogens is 1. The van der Waals surface area contributed by atoms with E-state index in [4.69, 9.17) is 0 Å². The average molecular weight is 241 g/mol. The summed E-state index contributed by atoms with van der Waals surface area (Å²) in [6.45, 7) is 0.750. The molecule has 1 aromatic carbocycles. The molecular formula is C15H15NO2. The fourth-order valence-corrected chi connectivity index (χ4v) is 2.39. The van der Waals surface area contributed by atoms with E-state index in [1.54, 1.807) is 6.07 Å². The highest BCUT2D eigenvalue weighted by Crippen LogP contribution is 2.42. The molecule has 1 N–H and O–H groups in total. The van der Waals surface area contributed by atoms with Gasteiger partial charge in [0.1, 0.15) is 0 Å². The quantitative estimate of drug-likeness (QED) is 0.893. The summed E-state index contributed by atoms with van der Waals surface area (Å²) in [5.74, 6) is -0.376. The van der Waals surface area contributed by atoms with E-state index in [-0.39, 0.29) is 0 Å². The summed E-state index contributed by atoms with van der Waals surface area (Å²) in [6, 6.07) is 11.9. The lowest BCUT2D eigenvalue weighted by atomic mass is 10.1. The van der Waals surface area contributed by atoms with Crippen LogP contribution in [0.25, 0.3) is 0 Å². The third-order valence-corrected chi connectivity index (χ3v) is 3.40. The van der Waals surface area contributed by atoms with Crippen LogP contribution in [0.2, 0.25) is 0 Å². The van der Waals surface area contributed by atoms with Gasteiger partial charge >= 0.3 is 5.97 Å². The van der Waals surface area contributed by atoms with Crippen molar-refractivity contribution in [3.8, 4) is 0 Å². The van der Waals surface area contributed by atoms with Gasteiger partial charge in [-0.3, -0.25) is 0 Å². The Bertz CT molecular complexity index is 567. The highest BCUT2D eigenvalue weighted by Gasteiger charge is 2.31. The highest BCUT2D eigenvalue weighted by atomic mass is 16.4. The molecule has 0 aliphatic heterocycles. The number of carboxylic acids is 1. The van der Waals surface area contributed by atoms with Gasteiger partial charge in [0, 0.05) is 24.4 Å². The summed E-state index contributed by atoms with van der Waals surface area (Å²) in [5.41, 5.74) is 2.66. The summed E-state index contributed by atoms with van der Waals surface area (Å²) < 4.78 is 2.08. The fraction of sp³-hybridized carbons (Fsp3) is 0.267. The first-order valence-electron chi connectivity index (χ1n) is 6.22. The zero-order chi connectivity index (χ0) is 12.5. The Balaban J connectivity index is 1.95. The minimum absolute atomic E-state index is 0.440. The van der Waals surface area contributed by atoms with Crippen molar-refractivity contribution >= 4 is 5.97 Å². The monoisotopic (exact) mass is 241 g/mol. The van der Waals surface area contributed by atoms with Gasteiger partial charge in [0.05, 0.1) is 5.56 Å². The second-order valence-electron chi connectivity index (χ2n) is 4.81. The Morgan fingerprint density at radius 1 is 1.22 bits per heavy atom. The number of aromatic carboxylic acids is 1. The fourth-order valence-electron chi connectivity index (χ4n) is 2.39. The van der Waals surface area contributed by atoms with Crippen molar-refractivity contribution in [1.29, 1.82) is 0 Å². The van der Waals surface area contributed by atoms with Crippen molar-refractivity contribution in [3.63, 3.8) is 0 Å². The van der Waals surface area contributed by atoms with Crippen LogP contribution in [0, 0.1) is 0 Å². The van der Waals surface area contributed by atoms with E-state index in [1.165, 1.54) is 5.56 Å². The van der Waals surface area contributed by atoms with Crippen LogP contribution in [0.15, 0.2) is 42.6 Å². The Morgan fingerprint density at radius 2 is 1.94 bits per heavy atom. The summed E-state index contributed by atoms with van der Waals surface area (Å²) in [5, 5.41) is 9.21. The second kappa shape index (κ2) is 4.33. The zero-order valence-electron chi connectivity index (χ0n) is 10.0. The number of carbonyl (C=O) groups is 1. The third kappa shape index (κ3) is 2.04. The van der Waals surface area contributed by atoms with E-state index in [0.717, 1.165) is 25.1 Å². The maximum absolute atomic E-state index is 11.2. The first-order chi connectivity index (χ1) is 8.75. The maximum atomic E-state index is 11.2. The minimum Gasteiger partial charge on any atom is -0.478 e. The lowest BCUT2D eigenvalue weighted by Gasteiger charge is -2.09. The number of hydrogen-bond donors (Lipinski definition) is 1. The molecular weight excluding hydrogens is 226 g/mol. The highest BCUT2D eigenvalue weighted by molar-refractivity contribution is 5.89. The molecule has 3 rings (SSSR count). The van der Waals surface area contributed by atoms with Crippen LogP contribution >= 0.6 is 0 Å². The number of benzene rings is 1. The molecule has 0 radical (unpaired) electrons. The van der Waals surface area contributed by atoms with Crippen molar-refractivity contribution in [3.05, 3.63) is 59.4 Å². The van der Waals surface area contributed by atoms with Crippen molar-refractivity contribution in [2.45, 2.75) is 25.3 Å². The second-order valence-corrected chi connectivity index (χ2v) is 4.81. The Hall–Kier alpha value is -2.03. The predicted octanol–water partition coefficient (Wildman–Crippen LogP) is 3.11. The van der Waals surface area contributed by atoms with E-state index in [9.17, 15) is 9.90 Å². The molecule has 18 heavy (non-hydrogen) atoms. The molecule has 3 heteroatoms. The molecule has 1 aliphatic carbocycles. The van der Waals surface area contributed by atoms with Gasteiger partial charge in [0.2, 0.25) is 0 Å². The van der Waals surface area contributed by atoms with Crippen molar-refractivity contribution in [2.75, 3.05) is 0 Å². The molecule has 3 nitrogen and oxygen atoms in total. The summed E-state index contributed by atoms with van der Waals surface area (Å²) in [6.07, 6.45) is 4.11. The van der Waals surface area contributed by atoms with Crippen LogP contribution < -0.4 is 0 Å². The number of nitrogens with zero attached hydrogens (tertiary/aromatic N) is 1. The zero-order valence-corrected chi connectivity index (χ0v) is 10.0. The number of rotatable bonds is 4. The smallest absolute Gasteiger partial charge is 0.337 e. The lowest BCUT2D eigenvalue weighted by molar-refractivity contribution is 0.0695. The molecule has 0 bridgehead atoms. The molecule has 1 aromatic heterocycles. The Morgan fingerprint density at radius 3 is 2.56 bits per heavy atom. The minimum atomic E-state index is -0.816. The lowest BCUT2D eigenvalue weighted by Crippen LogP contribution is -2.06. The molecule has 0 saturated heterocycles. The molecule has 0 spiro atoms. The average Bonchev–Trinajstić information content (AvgIpc) is 3.12. The molecule has 0 amide bonds. The third-order valence-electron chi connectivity index (χ3n) is 3.40. The van der Waals surface area contributed by atoms with E-state index < -0.39 is 5.97 Å². The summed E-state index contributed by atoms with van der Waals surface area (Å²) in [4.78, 5) is 11.2. The van der Waals surface area contributed by atoms with E-state index >= 15 is 0 Å². The van der Waals surface area contributed by atoms with Gasteiger partial charge < -0.3 is 9.67 Å². The summed E-state index contributed by atoms with van der Waals surface area (Å²) >= 11 is 0. The molecule has 2 aromatic rings. The van der Waals surface area contributed by atoms with E-state index in [2.05, 4.69) is 16.7 Å². The van der Waals surface area contributed by atoms with Crippen LogP contribution in [0.5, 0.6) is 0 Å². The van der Waals surface area contributed by atoms with Crippen molar-refractivity contribution in [2.24, 2.45) is 0 Å². The van der Waals surface area contributed by atoms with Gasteiger partial charge in [-0.25, -0.2) is 4.79 Å². The summed E-state index contributed by atoms with van der Waals surface area (Å²) in [7, 11) is 0. The first kappa shape index (κ1) is 11.1. The molecule has 0 atom stereocenters. The van der Waals surface area contributed by atoms with Crippen LogP contribution in [-0.4, -0.2) is 15.6 Å². The van der Waals surface area contributed by atoms with Crippen LogP contribution in [-0.2, 0) is 6.54 Å². The maximum Gasteiger partial charge on any atom is 0.337 e. The Kier molecular flexibility index (Phi) is 2.67. The molecule has 1 aliphatic rings. The predicted molar refractivity (Wildman–Crippen MR) is 68.9 cm³/mol. The van der Waals surface area contributed by atoms with Gasteiger partial charge in [-0.1, -0.05) is 30.3 Å². The van der Waals surface area contributed by atoms with Crippen molar-refractivity contribution < 1.29 is 9.90 Å². The largest absolute Gasteiger partial charge is 0.478 e. The van der Waals surface area contributed by atoms with E-state index in [1.807, 2.05) is 24.4 Å². The van der Waals surface area contributed by atoms with Gasteiger partial charge in [0.25, 0.3) is 0 Å². The molecule has 1 heterocycles. The molecule has 0 unspecified atom stereocenters. The number of carboxylic acid groups (broad SMARTS) is 1. The standard InChI is InChI=1S/C15H15NO2/c17-15(18)13-8-9-16(14(13)12-6-7-12)10-11-4-2-1-3-5-11/h1-5,8-9,12H,6-7,10H2,(H,17,18). The van der Waals surface area contributed by atoms with Gasteiger partial charge in [-0.2, -0.15) is 0 Å². The van der Waals surface area contributed by atoms with Crippen molar-refractivity contribution in [1.82, 2.24) is 4.57 Å².